The molecule has 1 aromatic carbocycles. The number of ether oxygens (including phenoxy) is 1. The molecule has 2 aromatic rings. The van der Waals surface area contributed by atoms with E-state index in [0.29, 0.717) is 23.0 Å². The predicted molar refractivity (Wildman–Crippen MR) is 111 cm³/mol. The monoisotopic (exact) mass is 387 g/mol. The molecule has 0 atom stereocenters. The van der Waals surface area contributed by atoms with E-state index in [1.165, 1.54) is 37.7 Å². The Kier molecular flexibility index (Phi) is 3.54. The number of esters is 2. The van der Waals surface area contributed by atoms with Crippen molar-refractivity contribution >= 4 is 28.4 Å². The molecule has 4 bridgehead atoms. The highest BCUT2D eigenvalue weighted by Crippen LogP contribution is 2.58. The van der Waals surface area contributed by atoms with Gasteiger partial charge in [-0.05, 0) is 79.9 Å². The van der Waals surface area contributed by atoms with Crippen molar-refractivity contribution < 1.29 is 14.3 Å². The lowest BCUT2D eigenvalue weighted by Crippen LogP contribution is -2.41. The average Bonchev–Trinajstić information content (AvgIpc) is 3.17. The second-order valence-electron chi connectivity index (χ2n) is 9.48. The fourth-order valence-corrected chi connectivity index (χ4v) is 6.87. The smallest absolute Gasteiger partial charge is 0.347 e. The number of hydrogen-bond acceptors (Lipinski definition) is 3. The Labute approximate surface area is 170 Å². The summed E-state index contributed by atoms with van der Waals surface area (Å²) in [5.74, 6) is 1.62. The molecule has 4 saturated carbocycles. The zero-order chi connectivity index (χ0) is 19.9. The topological polar surface area (TPSA) is 48.3 Å². The maximum absolute atomic E-state index is 12.9. The zero-order valence-corrected chi connectivity index (χ0v) is 16.9. The van der Waals surface area contributed by atoms with Crippen molar-refractivity contribution in [2.45, 2.75) is 39.0 Å². The van der Waals surface area contributed by atoms with Crippen molar-refractivity contribution in [2.75, 3.05) is 0 Å². The molecule has 4 nitrogen and oxygen atoms in total. The summed E-state index contributed by atoms with van der Waals surface area (Å²) >= 11 is 0. The Hall–Kier alpha value is -2.62. The van der Waals surface area contributed by atoms with Gasteiger partial charge in [-0.15, -0.1) is 0 Å². The second kappa shape index (κ2) is 5.94. The average molecular weight is 387 g/mol. The van der Waals surface area contributed by atoms with Crippen LogP contribution in [0, 0.1) is 23.7 Å². The summed E-state index contributed by atoms with van der Waals surface area (Å²) in [5.41, 5.74) is 5.33. The van der Waals surface area contributed by atoms with E-state index in [-0.39, 0.29) is 0 Å². The third kappa shape index (κ3) is 2.38. The van der Waals surface area contributed by atoms with E-state index in [9.17, 15) is 9.59 Å². The number of carbonyl (C=O) groups is 2. The van der Waals surface area contributed by atoms with E-state index >= 15 is 0 Å². The number of para-hydroxylation sites is 1. The number of carbonyl (C=O) groups excluding carboxylic acids is 2. The summed E-state index contributed by atoms with van der Waals surface area (Å²) in [6, 6.07) is 8.18. The molecular weight excluding hydrogens is 362 g/mol. The molecule has 148 valence electrons. The lowest BCUT2D eigenvalue weighted by atomic mass is 9.53. The second-order valence-corrected chi connectivity index (χ2v) is 9.48. The third-order valence-electron chi connectivity index (χ3n) is 7.83. The van der Waals surface area contributed by atoms with E-state index in [1.807, 2.05) is 26.1 Å². The molecule has 1 aliphatic heterocycles. The Morgan fingerprint density at radius 1 is 0.966 bits per heavy atom. The van der Waals surface area contributed by atoms with Gasteiger partial charge in [0.2, 0.25) is 0 Å². The van der Waals surface area contributed by atoms with Gasteiger partial charge in [0.1, 0.15) is 0 Å². The molecule has 5 aliphatic rings. The number of aryl methyl sites for hydroxylation is 1. The summed E-state index contributed by atoms with van der Waals surface area (Å²) in [5, 5.41) is 1.10. The van der Waals surface area contributed by atoms with Crippen LogP contribution in [0.3, 0.4) is 0 Å². The van der Waals surface area contributed by atoms with E-state index < -0.39 is 11.9 Å². The van der Waals surface area contributed by atoms with Gasteiger partial charge in [0.05, 0.1) is 11.1 Å². The third-order valence-corrected chi connectivity index (χ3v) is 7.83. The first kappa shape index (κ1) is 17.3. The number of rotatable bonds is 1. The van der Waals surface area contributed by atoms with E-state index in [2.05, 4.69) is 22.9 Å². The lowest BCUT2D eigenvalue weighted by molar-refractivity contribution is -0.149. The van der Waals surface area contributed by atoms with Crippen molar-refractivity contribution in [2.24, 2.45) is 30.7 Å². The number of allylic oxidation sites excluding steroid dienone is 2. The van der Waals surface area contributed by atoms with Crippen molar-refractivity contribution in [3.63, 3.8) is 0 Å². The van der Waals surface area contributed by atoms with E-state index in [4.69, 9.17) is 4.74 Å². The molecule has 4 aliphatic carbocycles. The zero-order valence-electron chi connectivity index (χ0n) is 16.9. The van der Waals surface area contributed by atoms with Crippen molar-refractivity contribution in [3.8, 4) is 0 Å². The molecule has 1 saturated heterocycles. The van der Waals surface area contributed by atoms with Crippen molar-refractivity contribution in [3.05, 3.63) is 52.7 Å². The molecule has 0 spiro atoms. The number of nitrogens with zero attached hydrogens (tertiary/aromatic N) is 1. The highest BCUT2D eigenvalue weighted by molar-refractivity contribution is 6.22. The summed E-state index contributed by atoms with van der Waals surface area (Å²) in [6.07, 6.45) is 8.11. The largest absolute Gasteiger partial charge is 0.386 e. The predicted octanol–water partition coefficient (Wildman–Crippen LogP) is 4.79. The van der Waals surface area contributed by atoms with Crippen molar-refractivity contribution in [1.29, 1.82) is 0 Å². The number of benzene rings is 1. The summed E-state index contributed by atoms with van der Waals surface area (Å²) < 4.78 is 7.28. The van der Waals surface area contributed by atoms with Crippen LogP contribution >= 0.6 is 0 Å². The molecular formula is C25H25NO3. The minimum Gasteiger partial charge on any atom is -0.386 e. The number of aromatic nitrogens is 1. The summed E-state index contributed by atoms with van der Waals surface area (Å²) in [7, 11) is 2.01. The number of cyclic esters (lactones) is 2. The Balaban J connectivity index is 1.57. The van der Waals surface area contributed by atoms with Crippen LogP contribution in [-0.2, 0) is 21.4 Å². The maximum Gasteiger partial charge on any atom is 0.347 e. The first-order chi connectivity index (χ1) is 14.0. The minimum atomic E-state index is -0.475. The molecule has 0 amide bonds. The maximum atomic E-state index is 12.9. The van der Waals surface area contributed by atoms with Gasteiger partial charge in [-0.1, -0.05) is 18.2 Å². The van der Waals surface area contributed by atoms with Crippen LogP contribution in [0.5, 0.6) is 0 Å². The SMILES string of the molecule is C/C(=C1\C(=O)OC(=O)C1=C1C2CC3CC(C2)CC1C3)c1cn(C)c2ccccc12. The fraction of sp³-hybridized carbons (Fsp3) is 0.440. The van der Waals surface area contributed by atoms with Gasteiger partial charge in [-0.2, -0.15) is 0 Å². The van der Waals surface area contributed by atoms with Crippen molar-refractivity contribution in [1.82, 2.24) is 4.57 Å². The summed E-state index contributed by atoms with van der Waals surface area (Å²) in [4.78, 5) is 25.7. The van der Waals surface area contributed by atoms with Crippen LogP contribution in [-0.4, -0.2) is 16.5 Å². The fourth-order valence-electron chi connectivity index (χ4n) is 6.87. The Morgan fingerprint density at radius 3 is 2.31 bits per heavy atom. The highest BCUT2D eigenvalue weighted by atomic mass is 16.6. The van der Waals surface area contributed by atoms with Gasteiger partial charge in [0.15, 0.2) is 0 Å². The Bertz CT molecular complexity index is 1120. The Morgan fingerprint density at radius 2 is 1.62 bits per heavy atom. The normalized spacial score (nSPS) is 32.5. The molecule has 0 radical (unpaired) electrons. The van der Waals surface area contributed by atoms with Crippen LogP contribution in [0.15, 0.2) is 47.2 Å². The molecule has 4 heteroatoms. The quantitative estimate of drug-likeness (QED) is 0.402. The van der Waals surface area contributed by atoms with Crippen LogP contribution in [0.1, 0.15) is 44.6 Å². The van der Waals surface area contributed by atoms with E-state index in [0.717, 1.165) is 33.9 Å². The van der Waals surface area contributed by atoms with Gasteiger partial charge < -0.3 is 9.30 Å². The molecule has 2 heterocycles. The van der Waals surface area contributed by atoms with Gasteiger partial charge in [-0.3, -0.25) is 0 Å². The molecule has 0 N–H and O–H groups in total. The highest BCUT2D eigenvalue weighted by Gasteiger charge is 2.49. The first-order valence-electron chi connectivity index (χ1n) is 10.8. The van der Waals surface area contributed by atoms with E-state index in [1.54, 1.807) is 0 Å². The standard InChI is InChI=1S/C25H25NO3/c1-13(19-12-26(2)20-6-4-3-5-18(19)20)21-23(25(28)29-24(21)27)22-16-8-14-7-15(10-16)11-17(22)9-14/h3-6,12,14-17H,7-11H2,1-2H3/b21-13+,23-22?. The van der Waals surface area contributed by atoms with Crippen LogP contribution in [0.25, 0.3) is 16.5 Å². The van der Waals surface area contributed by atoms with Crippen LogP contribution in [0.4, 0.5) is 0 Å². The molecule has 0 unspecified atom stereocenters. The first-order valence-corrected chi connectivity index (χ1v) is 10.8. The van der Waals surface area contributed by atoms with Crippen LogP contribution < -0.4 is 0 Å². The van der Waals surface area contributed by atoms with Crippen LogP contribution in [0.2, 0.25) is 0 Å². The van der Waals surface area contributed by atoms with Gasteiger partial charge in [0, 0.05) is 29.7 Å². The molecule has 5 fully saturated rings. The number of hydrogen-bond donors (Lipinski definition) is 0. The van der Waals surface area contributed by atoms with Gasteiger partial charge in [-0.25, -0.2) is 9.59 Å². The van der Waals surface area contributed by atoms with Gasteiger partial charge in [0.25, 0.3) is 0 Å². The number of fused-ring (bicyclic) bond motifs is 1. The lowest BCUT2D eigenvalue weighted by Gasteiger charge is -2.51. The minimum absolute atomic E-state index is 0.424. The molecule has 7 rings (SSSR count). The molecule has 1 aromatic heterocycles. The summed E-state index contributed by atoms with van der Waals surface area (Å²) in [6.45, 7) is 1.97. The molecule has 29 heavy (non-hydrogen) atoms. The van der Waals surface area contributed by atoms with Gasteiger partial charge >= 0.3 is 11.9 Å².